The minimum atomic E-state index is -0.889. The molecule has 0 aliphatic rings. The molecule has 2 aromatic rings. The van der Waals surface area contributed by atoms with E-state index in [0.29, 0.717) is 0 Å². The van der Waals surface area contributed by atoms with Crippen molar-refractivity contribution in [1.82, 2.24) is 0 Å². The van der Waals surface area contributed by atoms with Gasteiger partial charge in [-0.25, -0.2) is 9.59 Å². The minimum Gasteiger partial charge on any atom is -0.423 e. The van der Waals surface area contributed by atoms with Crippen LogP contribution in [0, 0.1) is 20.2 Å². The van der Waals surface area contributed by atoms with E-state index in [9.17, 15) is 29.8 Å². The molecule has 0 aromatic heterocycles. The SMILES string of the molecule is O=C(/C=C/C(=O)Oc1ccc([N+](=O)[O-])cc1)Oc1ccc([N+](=O)[O-])cc1. The van der Waals surface area contributed by atoms with E-state index in [2.05, 4.69) is 0 Å². The van der Waals surface area contributed by atoms with Crippen LogP contribution in [0.5, 0.6) is 11.5 Å². The molecule has 0 saturated carbocycles. The second-order valence-electron chi connectivity index (χ2n) is 4.68. The molecule has 0 aliphatic heterocycles. The smallest absolute Gasteiger partial charge is 0.336 e. The number of esters is 2. The van der Waals surface area contributed by atoms with Crippen molar-refractivity contribution in [3.8, 4) is 11.5 Å². The van der Waals surface area contributed by atoms with Gasteiger partial charge in [-0.15, -0.1) is 0 Å². The third-order valence-electron chi connectivity index (χ3n) is 2.89. The van der Waals surface area contributed by atoms with Crippen molar-refractivity contribution in [2.24, 2.45) is 0 Å². The van der Waals surface area contributed by atoms with Crippen LogP contribution in [0.4, 0.5) is 11.4 Å². The highest BCUT2D eigenvalue weighted by Crippen LogP contribution is 2.18. The van der Waals surface area contributed by atoms with Crippen LogP contribution in [-0.4, -0.2) is 21.8 Å². The van der Waals surface area contributed by atoms with Gasteiger partial charge in [-0.05, 0) is 24.3 Å². The van der Waals surface area contributed by atoms with E-state index in [1.807, 2.05) is 0 Å². The van der Waals surface area contributed by atoms with Crippen LogP contribution in [-0.2, 0) is 9.59 Å². The van der Waals surface area contributed by atoms with E-state index < -0.39 is 21.8 Å². The van der Waals surface area contributed by atoms with Gasteiger partial charge in [0.2, 0.25) is 0 Å². The Bertz CT molecular complexity index is 799. The molecule has 0 aliphatic carbocycles. The molecule has 2 rings (SSSR count). The first-order valence-electron chi connectivity index (χ1n) is 6.96. The maximum Gasteiger partial charge on any atom is 0.336 e. The van der Waals surface area contributed by atoms with E-state index in [-0.39, 0.29) is 22.9 Å². The molecule has 0 amide bonds. The molecule has 0 N–H and O–H groups in total. The lowest BCUT2D eigenvalue weighted by Gasteiger charge is -2.01. The Morgan fingerprint density at radius 3 is 1.27 bits per heavy atom. The average Bonchev–Trinajstić information content (AvgIpc) is 2.61. The molecule has 0 heterocycles. The fourth-order valence-corrected chi connectivity index (χ4v) is 1.71. The van der Waals surface area contributed by atoms with Gasteiger partial charge in [0, 0.05) is 36.4 Å². The van der Waals surface area contributed by atoms with Gasteiger partial charge in [0.25, 0.3) is 11.4 Å². The maximum absolute atomic E-state index is 11.6. The largest absolute Gasteiger partial charge is 0.423 e. The second kappa shape index (κ2) is 8.15. The zero-order valence-corrected chi connectivity index (χ0v) is 12.9. The van der Waals surface area contributed by atoms with E-state index in [0.717, 1.165) is 36.4 Å². The lowest BCUT2D eigenvalue weighted by Crippen LogP contribution is -2.08. The van der Waals surface area contributed by atoms with E-state index in [1.54, 1.807) is 0 Å². The number of ether oxygens (including phenoxy) is 2. The molecular formula is C16H10N2O8. The molecule has 0 fully saturated rings. The van der Waals surface area contributed by atoms with Crippen molar-refractivity contribution in [2.45, 2.75) is 0 Å². The third-order valence-corrected chi connectivity index (χ3v) is 2.89. The number of nitrogens with zero attached hydrogens (tertiary/aromatic N) is 2. The fraction of sp³-hybridized carbons (Fsp3) is 0. The van der Waals surface area contributed by atoms with Crippen molar-refractivity contribution < 1.29 is 28.9 Å². The topological polar surface area (TPSA) is 139 Å². The van der Waals surface area contributed by atoms with Crippen molar-refractivity contribution >= 4 is 23.3 Å². The first-order chi connectivity index (χ1) is 12.3. The third kappa shape index (κ3) is 5.23. The van der Waals surface area contributed by atoms with Crippen LogP contribution in [0.2, 0.25) is 0 Å². The summed E-state index contributed by atoms with van der Waals surface area (Å²) < 4.78 is 9.72. The summed E-state index contributed by atoms with van der Waals surface area (Å²) in [5.74, 6) is -1.65. The molecule has 0 radical (unpaired) electrons. The highest BCUT2D eigenvalue weighted by atomic mass is 16.6. The minimum absolute atomic E-state index is 0.0639. The van der Waals surface area contributed by atoms with Crippen molar-refractivity contribution in [2.75, 3.05) is 0 Å². The van der Waals surface area contributed by atoms with Gasteiger partial charge in [0.1, 0.15) is 11.5 Å². The fourth-order valence-electron chi connectivity index (χ4n) is 1.71. The van der Waals surface area contributed by atoms with Crippen LogP contribution in [0.25, 0.3) is 0 Å². The van der Waals surface area contributed by atoms with Crippen LogP contribution in [0.3, 0.4) is 0 Å². The van der Waals surface area contributed by atoms with E-state index in [4.69, 9.17) is 9.47 Å². The van der Waals surface area contributed by atoms with Crippen molar-refractivity contribution in [3.05, 3.63) is 80.9 Å². The number of nitro groups is 2. The van der Waals surface area contributed by atoms with E-state index >= 15 is 0 Å². The molecule has 0 bridgehead atoms. The summed E-state index contributed by atoms with van der Waals surface area (Å²) >= 11 is 0. The predicted octanol–water partition coefficient (Wildman–Crippen LogP) is 2.57. The van der Waals surface area contributed by atoms with Crippen LogP contribution >= 0.6 is 0 Å². The first kappa shape index (κ1) is 18.3. The number of nitro benzene ring substituents is 2. The molecule has 26 heavy (non-hydrogen) atoms. The Hall–Kier alpha value is -4.08. The average molecular weight is 358 g/mol. The van der Waals surface area contributed by atoms with Gasteiger partial charge in [-0.1, -0.05) is 0 Å². The van der Waals surface area contributed by atoms with Crippen LogP contribution in [0.1, 0.15) is 0 Å². The summed E-state index contributed by atoms with van der Waals surface area (Å²) in [5, 5.41) is 21.0. The number of rotatable bonds is 6. The molecule has 0 saturated heterocycles. The molecule has 0 unspecified atom stereocenters. The van der Waals surface area contributed by atoms with E-state index in [1.165, 1.54) is 24.3 Å². The van der Waals surface area contributed by atoms with Crippen molar-refractivity contribution in [1.29, 1.82) is 0 Å². The van der Waals surface area contributed by atoms with Gasteiger partial charge in [0.15, 0.2) is 0 Å². The molecule has 2 aromatic carbocycles. The lowest BCUT2D eigenvalue weighted by atomic mass is 10.3. The zero-order chi connectivity index (χ0) is 19.1. The Morgan fingerprint density at radius 1 is 0.692 bits per heavy atom. The maximum atomic E-state index is 11.6. The summed E-state index contributed by atoms with van der Waals surface area (Å²) in [6, 6.07) is 9.59. The number of non-ortho nitro benzene ring substituents is 2. The normalized spacial score (nSPS) is 10.3. The second-order valence-corrected chi connectivity index (χ2v) is 4.68. The van der Waals surface area contributed by atoms with Gasteiger partial charge in [-0.3, -0.25) is 20.2 Å². The number of carbonyl (C=O) groups is 2. The summed E-state index contributed by atoms with van der Waals surface area (Å²) in [5.41, 5.74) is -0.320. The number of benzene rings is 2. The Morgan fingerprint density at radius 2 is 1.00 bits per heavy atom. The number of hydrogen-bond acceptors (Lipinski definition) is 8. The van der Waals surface area contributed by atoms with Crippen LogP contribution in [0.15, 0.2) is 60.7 Å². The summed E-state index contributed by atoms with van der Waals surface area (Å²) in [4.78, 5) is 43.0. The quantitative estimate of drug-likeness (QED) is 0.252. The highest BCUT2D eigenvalue weighted by Gasteiger charge is 2.09. The Labute approximate surface area is 145 Å². The van der Waals surface area contributed by atoms with Crippen LogP contribution < -0.4 is 9.47 Å². The predicted molar refractivity (Wildman–Crippen MR) is 86.6 cm³/mol. The molecule has 10 nitrogen and oxygen atoms in total. The lowest BCUT2D eigenvalue weighted by molar-refractivity contribution is -0.385. The van der Waals surface area contributed by atoms with Gasteiger partial charge < -0.3 is 9.47 Å². The first-order valence-corrected chi connectivity index (χ1v) is 6.96. The molecule has 0 atom stereocenters. The molecule has 0 spiro atoms. The highest BCUT2D eigenvalue weighted by molar-refractivity contribution is 5.93. The molecule has 132 valence electrons. The van der Waals surface area contributed by atoms with Gasteiger partial charge >= 0.3 is 11.9 Å². The standard InChI is InChI=1S/C16H10N2O8/c19-15(25-13-5-1-11(2-6-13)17(21)22)9-10-16(20)26-14-7-3-12(4-8-14)18(23)24/h1-10H/b10-9+. The van der Waals surface area contributed by atoms with Gasteiger partial charge in [0.05, 0.1) is 9.85 Å². The van der Waals surface area contributed by atoms with Crippen molar-refractivity contribution in [3.63, 3.8) is 0 Å². The Kier molecular flexibility index (Phi) is 5.72. The number of hydrogen-bond donors (Lipinski definition) is 0. The number of carbonyl (C=O) groups excluding carboxylic acids is 2. The molecular weight excluding hydrogens is 348 g/mol. The summed E-state index contributed by atoms with van der Waals surface area (Å²) in [7, 11) is 0. The Balaban J connectivity index is 1.89. The summed E-state index contributed by atoms with van der Waals surface area (Å²) in [6.07, 6.45) is 1.63. The monoisotopic (exact) mass is 358 g/mol. The summed E-state index contributed by atoms with van der Waals surface area (Å²) in [6.45, 7) is 0. The zero-order valence-electron chi connectivity index (χ0n) is 12.9. The molecule has 10 heteroatoms. The van der Waals surface area contributed by atoms with Gasteiger partial charge in [-0.2, -0.15) is 0 Å².